The lowest BCUT2D eigenvalue weighted by atomic mass is 10.0. The van der Waals surface area contributed by atoms with Crippen LogP contribution >= 0.6 is 0 Å². The fourth-order valence-electron chi connectivity index (χ4n) is 2.24. The average molecular weight is 245 g/mol. The van der Waals surface area contributed by atoms with E-state index in [1.807, 2.05) is 6.07 Å². The van der Waals surface area contributed by atoms with Crippen LogP contribution in [0.25, 0.3) is 0 Å². The van der Waals surface area contributed by atoms with E-state index in [1.54, 1.807) is 19.2 Å². The van der Waals surface area contributed by atoms with Gasteiger partial charge in [0, 0.05) is 18.7 Å². The van der Waals surface area contributed by atoms with Gasteiger partial charge >= 0.3 is 0 Å². The van der Waals surface area contributed by atoms with Crippen LogP contribution in [-0.2, 0) is 0 Å². The van der Waals surface area contributed by atoms with Crippen LogP contribution < -0.4 is 15.4 Å². The predicted molar refractivity (Wildman–Crippen MR) is 71.8 cm³/mol. The highest BCUT2D eigenvalue weighted by Gasteiger charge is 2.13. The second-order valence-electron chi connectivity index (χ2n) is 4.55. The highest BCUT2D eigenvalue weighted by Crippen LogP contribution is 2.25. The number of nitrogens with zero attached hydrogens (tertiary/aromatic N) is 1. The third-order valence-corrected chi connectivity index (χ3v) is 3.28. The molecule has 0 radical (unpaired) electrons. The monoisotopic (exact) mass is 245 g/mol. The zero-order valence-corrected chi connectivity index (χ0v) is 10.7. The lowest BCUT2D eigenvalue weighted by Gasteiger charge is -2.24. The molecule has 1 aliphatic rings. The molecule has 0 aliphatic carbocycles. The first-order valence-electron chi connectivity index (χ1n) is 6.39. The standard InChI is InChI=1S/C14H19N3O/c1-18-14-8-11(9-15)5-6-13(14)17-10-12-4-2-3-7-16-12/h5-6,8,12,16-17H,2-4,7,10H2,1H3. The van der Waals surface area contributed by atoms with E-state index in [4.69, 9.17) is 10.00 Å². The van der Waals surface area contributed by atoms with Crippen LogP contribution in [-0.4, -0.2) is 26.2 Å². The van der Waals surface area contributed by atoms with Gasteiger partial charge in [-0.25, -0.2) is 0 Å². The van der Waals surface area contributed by atoms with E-state index in [-0.39, 0.29) is 0 Å². The van der Waals surface area contributed by atoms with Crippen LogP contribution in [0.3, 0.4) is 0 Å². The summed E-state index contributed by atoms with van der Waals surface area (Å²) in [6, 6.07) is 8.11. The first-order valence-corrected chi connectivity index (χ1v) is 6.39. The summed E-state index contributed by atoms with van der Waals surface area (Å²) in [7, 11) is 1.63. The second kappa shape index (κ2) is 6.27. The van der Waals surface area contributed by atoms with Crippen LogP contribution in [0.1, 0.15) is 24.8 Å². The fourth-order valence-corrected chi connectivity index (χ4v) is 2.24. The first-order chi connectivity index (χ1) is 8.83. The van der Waals surface area contributed by atoms with E-state index in [2.05, 4.69) is 16.7 Å². The van der Waals surface area contributed by atoms with E-state index in [1.165, 1.54) is 19.3 Å². The number of rotatable bonds is 4. The van der Waals surface area contributed by atoms with Crippen molar-refractivity contribution in [3.63, 3.8) is 0 Å². The molecule has 0 bridgehead atoms. The summed E-state index contributed by atoms with van der Waals surface area (Å²) in [6.07, 6.45) is 3.78. The summed E-state index contributed by atoms with van der Waals surface area (Å²) in [5.74, 6) is 0.727. The predicted octanol–water partition coefficient (Wildman–Crippen LogP) is 2.12. The Morgan fingerprint density at radius 1 is 1.50 bits per heavy atom. The van der Waals surface area contributed by atoms with Gasteiger partial charge in [0.2, 0.25) is 0 Å². The molecule has 2 rings (SSSR count). The van der Waals surface area contributed by atoms with E-state index in [0.29, 0.717) is 11.6 Å². The number of hydrogen-bond donors (Lipinski definition) is 2. The van der Waals surface area contributed by atoms with Crippen molar-refractivity contribution in [1.82, 2.24) is 5.32 Å². The molecule has 1 unspecified atom stereocenters. The Balaban J connectivity index is 1.98. The van der Waals surface area contributed by atoms with Gasteiger partial charge in [-0.3, -0.25) is 0 Å². The quantitative estimate of drug-likeness (QED) is 0.853. The summed E-state index contributed by atoms with van der Waals surface area (Å²) >= 11 is 0. The molecule has 96 valence electrons. The van der Waals surface area contributed by atoms with E-state index < -0.39 is 0 Å². The number of methoxy groups -OCH3 is 1. The lowest BCUT2D eigenvalue weighted by Crippen LogP contribution is -2.39. The van der Waals surface area contributed by atoms with Crippen molar-refractivity contribution in [2.45, 2.75) is 25.3 Å². The Kier molecular flexibility index (Phi) is 4.43. The molecule has 0 amide bonds. The van der Waals surface area contributed by atoms with Gasteiger partial charge in [0.1, 0.15) is 5.75 Å². The van der Waals surface area contributed by atoms with Gasteiger partial charge in [0.25, 0.3) is 0 Å². The minimum absolute atomic E-state index is 0.527. The van der Waals surface area contributed by atoms with Gasteiger partial charge in [-0.1, -0.05) is 6.42 Å². The van der Waals surface area contributed by atoms with Gasteiger partial charge in [0.15, 0.2) is 0 Å². The first kappa shape index (κ1) is 12.7. The number of nitriles is 1. The number of anilines is 1. The van der Waals surface area contributed by atoms with Gasteiger partial charge < -0.3 is 15.4 Å². The molecule has 1 fully saturated rings. The van der Waals surface area contributed by atoms with Crippen molar-refractivity contribution in [3.8, 4) is 11.8 Å². The normalized spacial score (nSPS) is 19.0. The third kappa shape index (κ3) is 3.14. The van der Waals surface area contributed by atoms with Crippen molar-refractivity contribution < 1.29 is 4.74 Å². The number of piperidine rings is 1. The van der Waals surface area contributed by atoms with Gasteiger partial charge in [0.05, 0.1) is 24.4 Å². The van der Waals surface area contributed by atoms with Crippen LogP contribution in [0, 0.1) is 11.3 Å². The number of benzene rings is 1. The SMILES string of the molecule is COc1cc(C#N)ccc1NCC1CCCCN1. The number of nitrogens with one attached hydrogen (secondary N) is 2. The zero-order chi connectivity index (χ0) is 12.8. The summed E-state index contributed by atoms with van der Waals surface area (Å²) in [6.45, 7) is 2.00. The molecule has 18 heavy (non-hydrogen) atoms. The second-order valence-corrected chi connectivity index (χ2v) is 4.55. The molecule has 1 aromatic carbocycles. The molecule has 4 nitrogen and oxygen atoms in total. The Hall–Kier alpha value is -1.73. The summed E-state index contributed by atoms with van der Waals surface area (Å²) in [5, 5.41) is 15.7. The maximum atomic E-state index is 8.85. The molecule has 1 atom stereocenters. The fraction of sp³-hybridized carbons (Fsp3) is 0.500. The van der Waals surface area contributed by atoms with Gasteiger partial charge in [-0.2, -0.15) is 5.26 Å². The molecule has 4 heteroatoms. The molecule has 0 spiro atoms. The highest BCUT2D eigenvalue weighted by molar-refractivity contribution is 5.59. The molecule has 1 aromatic rings. The molecular formula is C14H19N3O. The largest absolute Gasteiger partial charge is 0.495 e. The van der Waals surface area contributed by atoms with Crippen LogP contribution in [0.5, 0.6) is 5.75 Å². The third-order valence-electron chi connectivity index (χ3n) is 3.28. The van der Waals surface area contributed by atoms with Crippen LogP contribution in [0.15, 0.2) is 18.2 Å². The van der Waals surface area contributed by atoms with Crippen LogP contribution in [0.2, 0.25) is 0 Å². The topological polar surface area (TPSA) is 57.1 Å². The molecule has 1 saturated heterocycles. The Morgan fingerprint density at radius 2 is 2.39 bits per heavy atom. The molecule has 1 heterocycles. The van der Waals surface area contributed by atoms with Crippen LogP contribution in [0.4, 0.5) is 5.69 Å². The van der Waals surface area contributed by atoms with Gasteiger partial charge in [-0.15, -0.1) is 0 Å². The summed E-state index contributed by atoms with van der Waals surface area (Å²) in [4.78, 5) is 0. The van der Waals surface area contributed by atoms with Gasteiger partial charge in [-0.05, 0) is 31.5 Å². The minimum atomic E-state index is 0.527. The van der Waals surface area contributed by atoms with E-state index in [9.17, 15) is 0 Å². The molecule has 0 aromatic heterocycles. The Bertz CT molecular complexity index is 433. The minimum Gasteiger partial charge on any atom is -0.495 e. The molecule has 0 saturated carbocycles. The Morgan fingerprint density at radius 3 is 3.06 bits per heavy atom. The summed E-state index contributed by atoms with van der Waals surface area (Å²) in [5.41, 5.74) is 1.57. The maximum absolute atomic E-state index is 8.85. The Labute approximate surface area is 108 Å². The van der Waals surface area contributed by atoms with Crippen molar-refractivity contribution >= 4 is 5.69 Å². The molecule has 1 aliphatic heterocycles. The highest BCUT2D eigenvalue weighted by atomic mass is 16.5. The number of ether oxygens (including phenoxy) is 1. The van der Waals surface area contributed by atoms with E-state index >= 15 is 0 Å². The molecular weight excluding hydrogens is 226 g/mol. The lowest BCUT2D eigenvalue weighted by molar-refractivity contribution is 0.407. The summed E-state index contributed by atoms with van der Waals surface area (Å²) < 4.78 is 5.29. The number of hydrogen-bond acceptors (Lipinski definition) is 4. The van der Waals surface area contributed by atoms with E-state index in [0.717, 1.165) is 24.5 Å². The molecule has 2 N–H and O–H groups in total. The zero-order valence-electron chi connectivity index (χ0n) is 10.7. The maximum Gasteiger partial charge on any atom is 0.143 e. The van der Waals surface area contributed by atoms with Crippen molar-refractivity contribution in [1.29, 1.82) is 5.26 Å². The smallest absolute Gasteiger partial charge is 0.143 e. The van der Waals surface area contributed by atoms with Crippen molar-refractivity contribution in [3.05, 3.63) is 23.8 Å². The van der Waals surface area contributed by atoms with Crippen molar-refractivity contribution in [2.24, 2.45) is 0 Å². The van der Waals surface area contributed by atoms with Crippen molar-refractivity contribution in [2.75, 3.05) is 25.5 Å². The average Bonchev–Trinajstić information content (AvgIpc) is 2.46.